The number of rotatable bonds is 3. The summed E-state index contributed by atoms with van der Waals surface area (Å²) in [6.07, 6.45) is 6.02. The van der Waals surface area contributed by atoms with Crippen molar-refractivity contribution < 1.29 is 5.11 Å². The third-order valence-corrected chi connectivity index (χ3v) is 3.03. The van der Waals surface area contributed by atoms with Gasteiger partial charge in [-0.15, -0.1) is 0 Å². The van der Waals surface area contributed by atoms with Crippen LogP contribution < -0.4 is 5.73 Å². The van der Waals surface area contributed by atoms with Gasteiger partial charge in [0.05, 0.1) is 17.6 Å². The van der Waals surface area contributed by atoms with Crippen molar-refractivity contribution in [2.24, 2.45) is 5.73 Å². The summed E-state index contributed by atoms with van der Waals surface area (Å²) in [6, 6.07) is 5.21. The van der Waals surface area contributed by atoms with Crippen molar-refractivity contribution in [3.8, 4) is 17.0 Å². The van der Waals surface area contributed by atoms with Gasteiger partial charge >= 0.3 is 0 Å². The molecule has 0 spiro atoms. The molecule has 0 aliphatic heterocycles. The molecule has 0 fully saturated rings. The van der Waals surface area contributed by atoms with E-state index in [1.54, 1.807) is 24.5 Å². The Hall–Kier alpha value is -2.40. The number of hydrogen-bond donors (Lipinski definition) is 3. The average molecular weight is 254 g/mol. The summed E-state index contributed by atoms with van der Waals surface area (Å²) in [5, 5.41) is 10.5. The molecule has 96 valence electrons. The quantitative estimate of drug-likeness (QED) is 0.665. The van der Waals surface area contributed by atoms with E-state index in [0.29, 0.717) is 13.0 Å². The number of fused-ring (bicyclic) bond motifs is 1. The van der Waals surface area contributed by atoms with E-state index in [1.165, 1.54) is 0 Å². The monoisotopic (exact) mass is 254 g/mol. The van der Waals surface area contributed by atoms with E-state index in [2.05, 4.69) is 15.0 Å². The van der Waals surface area contributed by atoms with Gasteiger partial charge in [-0.3, -0.25) is 4.98 Å². The van der Waals surface area contributed by atoms with Gasteiger partial charge in [0, 0.05) is 35.3 Å². The summed E-state index contributed by atoms with van der Waals surface area (Å²) in [6.45, 7) is 0.548. The Labute approximate surface area is 110 Å². The van der Waals surface area contributed by atoms with Crippen LogP contribution in [0.15, 0.2) is 36.8 Å². The number of benzene rings is 1. The van der Waals surface area contributed by atoms with E-state index in [9.17, 15) is 5.11 Å². The molecule has 3 aromatic rings. The van der Waals surface area contributed by atoms with Crippen LogP contribution in [0.3, 0.4) is 0 Å². The Morgan fingerprint density at radius 3 is 3.00 bits per heavy atom. The van der Waals surface area contributed by atoms with E-state index in [0.717, 1.165) is 27.9 Å². The van der Waals surface area contributed by atoms with Crippen LogP contribution in [0.4, 0.5) is 0 Å². The van der Waals surface area contributed by atoms with Gasteiger partial charge in [0.25, 0.3) is 0 Å². The Morgan fingerprint density at radius 2 is 2.16 bits per heavy atom. The van der Waals surface area contributed by atoms with Gasteiger partial charge in [0.15, 0.2) is 0 Å². The van der Waals surface area contributed by atoms with Crippen LogP contribution in [0.5, 0.6) is 5.75 Å². The molecule has 5 heteroatoms. The number of aromatic hydroxyl groups is 1. The first kappa shape index (κ1) is 11.7. The predicted molar refractivity (Wildman–Crippen MR) is 73.7 cm³/mol. The van der Waals surface area contributed by atoms with E-state index in [4.69, 9.17) is 5.73 Å². The maximum Gasteiger partial charge on any atom is 0.116 e. The zero-order valence-corrected chi connectivity index (χ0v) is 10.3. The lowest BCUT2D eigenvalue weighted by Gasteiger charge is -2.02. The Kier molecular flexibility index (Phi) is 2.89. The van der Waals surface area contributed by atoms with E-state index in [1.807, 2.05) is 12.3 Å². The molecule has 0 bridgehead atoms. The third-order valence-electron chi connectivity index (χ3n) is 3.03. The number of aromatic amines is 1. The van der Waals surface area contributed by atoms with E-state index < -0.39 is 0 Å². The fourth-order valence-corrected chi connectivity index (χ4v) is 2.12. The molecule has 0 saturated heterocycles. The van der Waals surface area contributed by atoms with Crippen molar-refractivity contribution in [3.05, 3.63) is 42.5 Å². The number of phenols is 1. The molecule has 0 aliphatic carbocycles. The van der Waals surface area contributed by atoms with E-state index in [-0.39, 0.29) is 5.75 Å². The summed E-state index contributed by atoms with van der Waals surface area (Å²) >= 11 is 0. The first-order chi connectivity index (χ1) is 9.28. The summed E-state index contributed by atoms with van der Waals surface area (Å²) < 4.78 is 0. The molecule has 0 radical (unpaired) electrons. The summed E-state index contributed by atoms with van der Waals surface area (Å²) in [5.41, 5.74) is 9.07. The Bertz CT molecular complexity index is 720. The molecule has 0 atom stereocenters. The number of nitrogens with two attached hydrogens (primary N) is 1. The van der Waals surface area contributed by atoms with Crippen molar-refractivity contribution in [1.29, 1.82) is 0 Å². The number of nitrogens with one attached hydrogen (secondary N) is 1. The average Bonchev–Trinajstić information content (AvgIpc) is 2.82. The molecular weight excluding hydrogens is 240 g/mol. The third kappa shape index (κ3) is 2.15. The van der Waals surface area contributed by atoms with Gasteiger partial charge < -0.3 is 15.8 Å². The predicted octanol–water partition coefficient (Wildman–Crippen LogP) is 1.83. The first-order valence-electron chi connectivity index (χ1n) is 6.09. The lowest BCUT2D eigenvalue weighted by Crippen LogP contribution is -2.05. The zero-order valence-electron chi connectivity index (χ0n) is 10.3. The summed E-state index contributed by atoms with van der Waals surface area (Å²) in [7, 11) is 0. The summed E-state index contributed by atoms with van der Waals surface area (Å²) in [4.78, 5) is 11.9. The van der Waals surface area contributed by atoms with Gasteiger partial charge in [0.2, 0.25) is 0 Å². The topological polar surface area (TPSA) is 87.8 Å². The molecule has 5 nitrogen and oxygen atoms in total. The molecule has 0 aliphatic rings. The summed E-state index contributed by atoms with van der Waals surface area (Å²) in [5.74, 6) is 0.236. The van der Waals surface area contributed by atoms with Crippen LogP contribution in [0, 0.1) is 0 Å². The molecule has 0 unspecified atom stereocenters. The van der Waals surface area contributed by atoms with Crippen LogP contribution >= 0.6 is 0 Å². The molecule has 0 amide bonds. The van der Waals surface area contributed by atoms with Crippen LogP contribution in [0.2, 0.25) is 0 Å². The largest absolute Gasteiger partial charge is 0.508 e. The second-order valence-corrected chi connectivity index (χ2v) is 4.37. The fourth-order valence-electron chi connectivity index (χ4n) is 2.12. The molecule has 0 saturated carbocycles. The maximum atomic E-state index is 9.59. The smallest absolute Gasteiger partial charge is 0.116 e. The maximum absolute atomic E-state index is 9.59. The van der Waals surface area contributed by atoms with Crippen molar-refractivity contribution in [2.75, 3.05) is 6.54 Å². The van der Waals surface area contributed by atoms with Crippen LogP contribution in [0.1, 0.15) is 5.69 Å². The number of phenolic OH excluding ortho intramolecular Hbond substituents is 1. The fraction of sp³-hybridized carbons (Fsp3) is 0.143. The lowest BCUT2D eigenvalue weighted by atomic mass is 10.1. The van der Waals surface area contributed by atoms with Gasteiger partial charge in [-0.1, -0.05) is 0 Å². The van der Waals surface area contributed by atoms with Gasteiger partial charge in [0.1, 0.15) is 5.75 Å². The van der Waals surface area contributed by atoms with Crippen molar-refractivity contribution in [3.63, 3.8) is 0 Å². The van der Waals surface area contributed by atoms with Crippen LogP contribution in [-0.2, 0) is 6.42 Å². The Balaban J connectivity index is 2.13. The first-order valence-corrected chi connectivity index (χ1v) is 6.09. The normalized spacial score (nSPS) is 11.0. The minimum Gasteiger partial charge on any atom is -0.508 e. The van der Waals surface area contributed by atoms with Crippen LogP contribution in [-0.4, -0.2) is 26.6 Å². The highest BCUT2D eigenvalue weighted by molar-refractivity contribution is 5.95. The van der Waals surface area contributed by atoms with Gasteiger partial charge in [-0.25, -0.2) is 4.98 Å². The molecule has 2 aromatic heterocycles. The SMILES string of the molecule is NCCc1cncc(-c2c[nH]c3ccc(O)cc23)n1. The number of nitrogens with zero attached hydrogens (tertiary/aromatic N) is 2. The molecular formula is C14H14N4O. The minimum atomic E-state index is 0.236. The van der Waals surface area contributed by atoms with Gasteiger partial charge in [-0.05, 0) is 24.7 Å². The second kappa shape index (κ2) is 4.70. The van der Waals surface area contributed by atoms with Crippen molar-refractivity contribution in [1.82, 2.24) is 15.0 Å². The minimum absolute atomic E-state index is 0.236. The van der Waals surface area contributed by atoms with E-state index >= 15 is 0 Å². The highest BCUT2D eigenvalue weighted by Gasteiger charge is 2.09. The van der Waals surface area contributed by atoms with Crippen molar-refractivity contribution >= 4 is 10.9 Å². The molecule has 1 aromatic carbocycles. The highest BCUT2D eigenvalue weighted by atomic mass is 16.3. The molecule has 3 rings (SSSR count). The standard InChI is InChI=1S/C14H14N4O/c15-4-3-9-6-16-8-14(18-9)12-7-17-13-2-1-10(19)5-11(12)13/h1-2,5-8,17,19H,3-4,15H2. The van der Waals surface area contributed by atoms with Gasteiger partial charge in [-0.2, -0.15) is 0 Å². The molecule has 2 heterocycles. The number of H-pyrrole nitrogens is 1. The molecule has 19 heavy (non-hydrogen) atoms. The van der Waals surface area contributed by atoms with Crippen LogP contribution in [0.25, 0.3) is 22.2 Å². The van der Waals surface area contributed by atoms with Crippen molar-refractivity contribution in [2.45, 2.75) is 6.42 Å². The lowest BCUT2D eigenvalue weighted by molar-refractivity contribution is 0.476. The number of aromatic nitrogens is 3. The molecule has 4 N–H and O–H groups in total. The Morgan fingerprint density at radius 1 is 1.26 bits per heavy atom. The second-order valence-electron chi connectivity index (χ2n) is 4.37. The zero-order chi connectivity index (χ0) is 13.2. The number of hydrogen-bond acceptors (Lipinski definition) is 4. The highest BCUT2D eigenvalue weighted by Crippen LogP contribution is 2.29.